The van der Waals surface area contributed by atoms with Crippen molar-refractivity contribution in [3.63, 3.8) is 0 Å². The van der Waals surface area contributed by atoms with Crippen LogP contribution in [0.5, 0.6) is 0 Å². The van der Waals surface area contributed by atoms with Gasteiger partial charge in [-0.3, -0.25) is 4.79 Å². The zero-order valence-corrected chi connectivity index (χ0v) is 11.1. The number of carbonyl (C=O) groups excluding carboxylic acids is 1. The molecule has 102 valence electrons. The molecule has 4 nitrogen and oxygen atoms in total. The second-order valence-corrected chi connectivity index (χ2v) is 5.22. The number of fused-ring (bicyclic) bond motifs is 1. The summed E-state index contributed by atoms with van der Waals surface area (Å²) in [4.78, 5) is 13.8. The van der Waals surface area contributed by atoms with Crippen molar-refractivity contribution in [3.05, 3.63) is 35.4 Å². The number of hydrogen-bond donors (Lipinski definition) is 1. The maximum absolute atomic E-state index is 11.9. The SMILES string of the molecule is O=C(CNCC1Cc2ccccc21)N1CCOCC1. The Morgan fingerprint density at radius 3 is 2.89 bits per heavy atom. The number of morpholine rings is 1. The fourth-order valence-corrected chi connectivity index (χ4v) is 2.82. The molecule has 1 heterocycles. The van der Waals surface area contributed by atoms with Crippen LogP contribution in [0.4, 0.5) is 0 Å². The summed E-state index contributed by atoms with van der Waals surface area (Å²) in [6, 6.07) is 8.55. The molecular weight excluding hydrogens is 240 g/mol. The van der Waals surface area contributed by atoms with E-state index in [2.05, 4.69) is 29.6 Å². The van der Waals surface area contributed by atoms with Gasteiger partial charge < -0.3 is 15.0 Å². The Morgan fingerprint density at radius 1 is 1.32 bits per heavy atom. The first-order valence-corrected chi connectivity index (χ1v) is 6.98. The third-order valence-corrected chi connectivity index (χ3v) is 3.99. The van der Waals surface area contributed by atoms with E-state index < -0.39 is 0 Å². The van der Waals surface area contributed by atoms with E-state index >= 15 is 0 Å². The summed E-state index contributed by atoms with van der Waals surface area (Å²) < 4.78 is 5.24. The van der Waals surface area contributed by atoms with Crippen molar-refractivity contribution in [1.82, 2.24) is 10.2 Å². The molecule has 1 saturated heterocycles. The second-order valence-electron chi connectivity index (χ2n) is 5.22. The fraction of sp³-hybridized carbons (Fsp3) is 0.533. The average molecular weight is 260 g/mol. The van der Waals surface area contributed by atoms with Gasteiger partial charge in [0.05, 0.1) is 19.8 Å². The Bertz CT molecular complexity index is 455. The molecule has 3 rings (SSSR count). The smallest absolute Gasteiger partial charge is 0.236 e. The number of nitrogens with one attached hydrogen (secondary N) is 1. The topological polar surface area (TPSA) is 41.6 Å². The number of nitrogens with zero attached hydrogens (tertiary/aromatic N) is 1. The molecule has 1 atom stereocenters. The predicted molar refractivity (Wildman–Crippen MR) is 73.2 cm³/mol. The van der Waals surface area contributed by atoms with Gasteiger partial charge in [-0.05, 0) is 17.5 Å². The normalized spacial score (nSPS) is 21.7. The standard InChI is InChI=1S/C15H20N2O2/c18-15(17-5-7-19-8-6-17)11-16-10-13-9-12-3-1-2-4-14(12)13/h1-4,13,16H,5-11H2. The highest BCUT2D eigenvalue weighted by atomic mass is 16.5. The van der Waals surface area contributed by atoms with Crippen molar-refractivity contribution < 1.29 is 9.53 Å². The highest BCUT2D eigenvalue weighted by Gasteiger charge is 2.25. The summed E-state index contributed by atoms with van der Waals surface area (Å²) in [5, 5.41) is 3.29. The number of amides is 1. The quantitative estimate of drug-likeness (QED) is 0.869. The van der Waals surface area contributed by atoms with E-state index in [9.17, 15) is 4.79 Å². The molecule has 0 saturated carbocycles. The molecule has 0 radical (unpaired) electrons. The molecular formula is C15H20N2O2. The molecule has 4 heteroatoms. The summed E-state index contributed by atoms with van der Waals surface area (Å²) in [5.74, 6) is 0.768. The highest BCUT2D eigenvalue weighted by molar-refractivity contribution is 5.78. The molecule has 1 aromatic carbocycles. The number of rotatable bonds is 4. The lowest BCUT2D eigenvalue weighted by molar-refractivity contribution is -0.134. The Balaban J connectivity index is 1.41. The highest BCUT2D eigenvalue weighted by Crippen LogP contribution is 2.33. The van der Waals surface area contributed by atoms with Gasteiger partial charge in [0, 0.05) is 25.6 Å². The molecule has 0 spiro atoms. The Morgan fingerprint density at radius 2 is 2.11 bits per heavy atom. The van der Waals surface area contributed by atoms with Gasteiger partial charge in [-0.25, -0.2) is 0 Å². The van der Waals surface area contributed by atoms with E-state index in [0.717, 1.165) is 26.1 Å². The Kier molecular flexibility index (Phi) is 3.80. The monoisotopic (exact) mass is 260 g/mol. The number of hydrogen-bond acceptors (Lipinski definition) is 3. The average Bonchev–Trinajstić information content (AvgIpc) is 2.44. The fourth-order valence-electron chi connectivity index (χ4n) is 2.82. The molecule has 0 bridgehead atoms. The van der Waals surface area contributed by atoms with Crippen LogP contribution < -0.4 is 5.32 Å². The van der Waals surface area contributed by atoms with Crippen LogP contribution in [0.1, 0.15) is 17.0 Å². The van der Waals surface area contributed by atoms with Crippen molar-refractivity contribution in [2.45, 2.75) is 12.3 Å². The predicted octanol–water partition coefficient (Wildman–Crippen LogP) is 0.775. The van der Waals surface area contributed by atoms with Crippen LogP contribution in [0.25, 0.3) is 0 Å². The zero-order valence-electron chi connectivity index (χ0n) is 11.1. The van der Waals surface area contributed by atoms with Crippen molar-refractivity contribution in [2.75, 3.05) is 39.4 Å². The van der Waals surface area contributed by atoms with E-state index in [1.807, 2.05) is 4.90 Å². The van der Waals surface area contributed by atoms with Gasteiger partial charge in [0.15, 0.2) is 0 Å². The third kappa shape index (κ3) is 2.80. The molecule has 1 unspecified atom stereocenters. The third-order valence-electron chi connectivity index (χ3n) is 3.99. The zero-order chi connectivity index (χ0) is 13.1. The first-order valence-electron chi connectivity index (χ1n) is 6.98. The summed E-state index contributed by atoms with van der Waals surface area (Å²) in [6.45, 7) is 4.13. The van der Waals surface area contributed by atoms with E-state index in [1.165, 1.54) is 11.1 Å². The molecule has 2 aliphatic rings. The summed E-state index contributed by atoms with van der Waals surface area (Å²) in [5.41, 5.74) is 2.89. The minimum atomic E-state index is 0.191. The minimum Gasteiger partial charge on any atom is -0.378 e. The van der Waals surface area contributed by atoms with Gasteiger partial charge in [0.1, 0.15) is 0 Å². The van der Waals surface area contributed by atoms with Crippen molar-refractivity contribution >= 4 is 5.91 Å². The number of carbonyl (C=O) groups is 1. The number of ether oxygens (including phenoxy) is 1. The largest absolute Gasteiger partial charge is 0.378 e. The molecule has 1 N–H and O–H groups in total. The molecule has 0 aromatic heterocycles. The van der Waals surface area contributed by atoms with E-state index in [4.69, 9.17) is 4.74 Å². The first kappa shape index (κ1) is 12.6. The van der Waals surface area contributed by atoms with Gasteiger partial charge in [0.25, 0.3) is 0 Å². The van der Waals surface area contributed by atoms with Gasteiger partial charge in [-0.15, -0.1) is 0 Å². The van der Waals surface area contributed by atoms with E-state index in [0.29, 0.717) is 25.7 Å². The van der Waals surface area contributed by atoms with Crippen LogP contribution in [0, 0.1) is 0 Å². The van der Waals surface area contributed by atoms with Crippen LogP contribution in [-0.4, -0.2) is 50.2 Å². The molecule has 1 aromatic rings. The van der Waals surface area contributed by atoms with Crippen LogP contribution in [0.15, 0.2) is 24.3 Å². The van der Waals surface area contributed by atoms with Crippen LogP contribution in [0.3, 0.4) is 0 Å². The van der Waals surface area contributed by atoms with Crippen LogP contribution >= 0.6 is 0 Å². The van der Waals surface area contributed by atoms with Crippen LogP contribution in [-0.2, 0) is 16.0 Å². The maximum atomic E-state index is 11.9. The molecule has 19 heavy (non-hydrogen) atoms. The summed E-state index contributed by atoms with van der Waals surface area (Å²) >= 11 is 0. The molecule has 1 aliphatic carbocycles. The van der Waals surface area contributed by atoms with E-state index in [1.54, 1.807) is 0 Å². The molecule has 1 amide bonds. The maximum Gasteiger partial charge on any atom is 0.236 e. The summed E-state index contributed by atoms with van der Waals surface area (Å²) in [7, 11) is 0. The van der Waals surface area contributed by atoms with Gasteiger partial charge in [-0.2, -0.15) is 0 Å². The van der Waals surface area contributed by atoms with Gasteiger partial charge >= 0.3 is 0 Å². The summed E-state index contributed by atoms with van der Waals surface area (Å²) in [6.07, 6.45) is 1.13. The van der Waals surface area contributed by atoms with Gasteiger partial charge in [-0.1, -0.05) is 24.3 Å². The Hall–Kier alpha value is -1.39. The lowest BCUT2D eigenvalue weighted by Gasteiger charge is -2.31. The van der Waals surface area contributed by atoms with Gasteiger partial charge in [0.2, 0.25) is 5.91 Å². The molecule has 1 aliphatic heterocycles. The van der Waals surface area contributed by atoms with Crippen molar-refractivity contribution in [3.8, 4) is 0 Å². The van der Waals surface area contributed by atoms with E-state index in [-0.39, 0.29) is 5.91 Å². The second kappa shape index (κ2) is 5.72. The Labute approximate surface area is 113 Å². The van der Waals surface area contributed by atoms with Crippen molar-refractivity contribution in [1.29, 1.82) is 0 Å². The van der Waals surface area contributed by atoms with Crippen LogP contribution in [0.2, 0.25) is 0 Å². The van der Waals surface area contributed by atoms with Crippen molar-refractivity contribution in [2.24, 2.45) is 0 Å². The molecule has 1 fully saturated rings. The lowest BCUT2D eigenvalue weighted by atomic mass is 9.77. The lowest BCUT2D eigenvalue weighted by Crippen LogP contribution is -2.45. The minimum absolute atomic E-state index is 0.191. The first-order chi connectivity index (χ1) is 9.34. The number of benzene rings is 1.